The van der Waals surface area contributed by atoms with Crippen molar-refractivity contribution in [3.05, 3.63) is 35.9 Å². The van der Waals surface area contributed by atoms with Crippen LogP contribution in [-0.4, -0.2) is 24.1 Å². The van der Waals surface area contributed by atoms with Crippen LogP contribution in [0.5, 0.6) is 0 Å². The monoisotopic (exact) mass is 234 g/mol. The van der Waals surface area contributed by atoms with Gasteiger partial charge in [-0.15, -0.1) is 0 Å². The van der Waals surface area contributed by atoms with E-state index in [-0.39, 0.29) is 0 Å². The molecule has 17 heavy (non-hydrogen) atoms. The maximum Gasteiger partial charge on any atom is 0.104 e. The summed E-state index contributed by atoms with van der Waals surface area (Å²) in [7, 11) is 0. The van der Waals surface area contributed by atoms with Gasteiger partial charge in [0.25, 0.3) is 0 Å². The number of nitrogens with zero attached hydrogens (tertiary/aromatic N) is 1. The van der Waals surface area contributed by atoms with Crippen LogP contribution in [0.2, 0.25) is 0 Å². The second kappa shape index (κ2) is 7.50. The van der Waals surface area contributed by atoms with Crippen molar-refractivity contribution in [2.24, 2.45) is 0 Å². The Bertz CT molecular complexity index is 294. The number of unbranched alkanes of at least 4 members (excludes halogenated alkanes) is 1. The largest absolute Gasteiger partial charge is 0.320 e. The average molecular weight is 234 g/mol. The molecule has 0 aromatic heterocycles. The van der Waals surface area contributed by atoms with Gasteiger partial charge in [-0.3, -0.25) is 0 Å². The van der Waals surface area contributed by atoms with Gasteiger partial charge in [-0.25, -0.2) is 0 Å². The third-order valence-electron chi connectivity index (χ3n) is 3.72. The number of hydrogen-bond acceptors (Lipinski definition) is 0. The molecule has 1 atom stereocenters. The topological polar surface area (TPSA) is 0 Å². The van der Waals surface area contributed by atoms with Crippen LogP contribution in [0.4, 0.5) is 0 Å². The molecule has 0 amide bonds. The SMILES string of the molecule is CCCC[N+](CC)(CCC)Cc1ccccc1. The van der Waals surface area contributed by atoms with Crippen LogP contribution in [0, 0.1) is 0 Å². The molecule has 1 heteroatoms. The molecule has 0 saturated carbocycles. The number of hydrogen-bond donors (Lipinski definition) is 0. The summed E-state index contributed by atoms with van der Waals surface area (Å²) in [5, 5.41) is 0. The fourth-order valence-corrected chi connectivity index (χ4v) is 2.64. The van der Waals surface area contributed by atoms with Gasteiger partial charge in [-0.05, 0) is 19.8 Å². The second-order valence-corrected chi connectivity index (χ2v) is 5.10. The van der Waals surface area contributed by atoms with E-state index in [2.05, 4.69) is 51.1 Å². The van der Waals surface area contributed by atoms with Crippen molar-refractivity contribution in [3.63, 3.8) is 0 Å². The molecular weight excluding hydrogens is 206 g/mol. The van der Waals surface area contributed by atoms with Gasteiger partial charge in [0, 0.05) is 5.56 Å². The van der Waals surface area contributed by atoms with Crippen LogP contribution in [0.15, 0.2) is 30.3 Å². The first kappa shape index (κ1) is 14.2. The third-order valence-corrected chi connectivity index (χ3v) is 3.72. The van der Waals surface area contributed by atoms with Gasteiger partial charge in [-0.2, -0.15) is 0 Å². The summed E-state index contributed by atoms with van der Waals surface area (Å²) < 4.78 is 1.26. The van der Waals surface area contributed by atoms with Gasteiger partial charge in [0.15, 0.2) is 0 Å². The summed E-state index contributed by atoms with van der Waals surface area (Å²) in [6.07, 6.45) is 3.93. The molecule has 1 aromatic carbocycles. The summed E-state index contributed by atoms with van der Waals surface area (Å²) in [5.41, 5.74) is 1.49. The molecule has 1 rings (SSSR count). The first-order valence-corrected chi connectivity index (χ1v) is 7.15. The van der Waals surface area contributed by atoms with E-state index < -0.39 is 0 Å². The lowest BCUT2D eigenvalue weighted by Crippen LogP contribution is -2.48. The molecule has 0 bridgehead atoms. The van der Waals surface area contributed by atoms with Crippen LogP contribution in [0.25, 0.3) is 0 Å². The van der Waals surface area contributed by atoms with E-state index in [9.17, 15) is 0 Å². The lowest BCUT2D eigenvalue weighted by Gasteiger charge is -2.38. The Morgan fingerprint density at radius 2 is 1.59 bits per heavy atom. The van der Waals surface area contributed by atoms with E-state index >= 15 is 0 Å². The lowest BCUT2D eigenvalue weighted by atomic mass is 10.1. The Hall–Kier alpha value is -0.820. The van der Waals surface area contributed by atoms with Gasteiger partial charge in [-0.1, -0.05) is 50.6 Å². The summed E-state index contributed by atoms with van der Waals surface area (Å²) in [4.78, 5) is 0. The standard InChI is InChI=1S/C16H28N/c1-4-7-14-17(6-3,13-5-2)15-16-11-9-8-10-12-16/h8-12H,4-7,13-15H2,1-3H3/q+1. The van der Waals surface area contributed by atoms with Crippen LogP contribution in [0.3, 0.4) is 0 Å². The maximum absolute atomic E-state index is 2.34. The highest BCUT2D eigenvalue weighted by atomic mass is 15.3. The zero-order valence-electron chi connectivity index (χ0n) is 11.8. The van der Waals surface area contributed by atoms with Crippen molar-refractivity contribution in [2.45, 2.75) is 46.6 Å². The fourth-order valence-electron chi connectivity index (χ4n) is 2.64. The highest BCUT2D eigenvalue weighted by Crippen LogP contribution is 2.17. The van der Waals surface area contributed by atoms with Crippen molar-refractivity contribution in [1.82, 2.24) is 0 Å². The molecule has 0 fully saturated rings. The second-order valence-electron chi connectivity index (χ2n) is 5.10. The molecular formula is C16H28N+. The van der Waals surface area contributed by atoms with Gasteiger partial charge in [0.05, 0.1) is 19.6 Å². The summed E-state index contributed by atoms with van der Waals surface area (Å²) in [6.45, 7) is 12.0. The zero-order valence-corrected chi connectivity index (χ0v) is 11.8. The first-order valence-electron chi connectivity index (χ1n) is 7.15. The molecule has 1 nitrogen and oxygen atoms in total. The number of rotatable bonds is 8. The molecule has 0 saturated heterocycles. The van der Waals surface area contributed by atoms with Crippen LogP contribution >= 0.6 is 0 Å². The Morgan fingerprint density at radius 1 is 0.882 bits per heavy atom. The molecule has 96 valence electrons. The van der Waals surface area contributed by atoms with Gasteiger partial charge in [0.2, 0.25) is 0 Å². The average Bonchev–Trinajstić information content (AvgIpc) is 2.37. The minimum absolute atomic E-state index is 1.20. The van der Waals surface area contributed by atoms with Crippen molar-refractivity contribution in [2.75, 3.05) is 19.6 Å². The summed E-state index contributed by atoms with van der Waals surface area (Å²) in [6, 6.07) is 11.0. The quantitative estimate of drug-likeness (QED) is 0.590. The predicted octanol–water partition coefficient (Wildman–Crippen LogP) is 4.23. The number of quaternary nitrogens is 1. The number of benzene rings is 1. The van der Waals surface area contributed by atoms with Gasteiger partial charge >= 0.3 is 0 Å². The molecule has 0 aliphatic rings. The fraction of sp³-hybridized carbons (Fsp3) is 0.625. The van der Waals surface area contributed by atoms with E-state index in [1.807, 2.05) is 0 Å². The van der Waals surface area contributed by atoms with Crippen molar-refractivity contribution < 1.29 is 4.48 Å². The Morgan fingerprint density at radius 3 is 2.12 bits per heavy atom. The van der Waals surface area contributed by atoms with E-state index in [1.165, 1.54) is 55.5 Å². The molecule has 0 radical (unpaired) electrons. The Labute approximate surface area is 107 Å². The predicted molar refractivity (Wildman–Crippen MR) is 75.9 cm³/mol. The molecule has 0 aliphatic heterocycles. The molecule has 0 spiro atoms. The smallest absolute Gasteiger partial charge is 0.104 e. The van der Waals surface area contributed by atoms with Crippen molar-refractivity contribution >= 4 is 0 Å². The highest BCUT2D eigenvalue weighted by Gasteiger charge is 2.23. The Balaban J connectivity index is 2.74. The van der Waals surface area contributed by atoms with E-state index in [0.717, 1.165) is 0 Å². The van der Waals surface area contributed by atoms with E-state index in [4.69, 9.17) is 0 Å². The van der Waals surface area contributed by atoms with Crippen molar-refractivity contribution in [1.29, 1.82) is 0 Å². The minimum Gasteiger partial charge on any atom is -0.320 e. The molecule has 1 unspecified atom stereocenters. The zero-order chi connectivity index (χ0) is 12.6. The first-order chi connectivity index (χ1) is 8.26. The maximum atomic E-state index is 2.34. The van der Waals surface area contributed by atoms with Crippen molar-refractivity contribution in [3.8, 4) is 0 Å². The summed E-state index contributed by atoms with van der Waals surface area (Å²) >= 11 is 0. The summed E-state index contributed by atoms with van der Waals surface area (Å²) in [5.74, 6) is 0. The molecule has 0 N–H and O–H groups in total. The van der Waals surface area contributed by atoms with Crippen LogP contribution in [-0.2, 0) is 6.54 Å². The molecule has 0 heterocycles. The Kier molecular flexibility index (Phi) is 6.28. The normalized spacial score (nSPS) is 14.5. The van der Waals surface area contributed by atoms with Gasteiger partial charge < -0.3 is 4.48 Å². The van der Waals surface area contributed by atoms with E-state index in [1.54, 1.807) is 0 Å². The minimum atomic E-state index is 1.20. The lowest BCUT2D eigenvalue weighted by molar-refractivity contribution is -0.939. The third kappa shape index (κ3) is 4.51. The van der Waals surface area contributed by atoms with Crippen LogP contribution < -0.4 is 0 Å². The molecule has 1 aromatic rings. The molecule has 0 aliphatic carbocycles. The van der Waals surface area contributed by atoms with E-state index in [0.29, 0.717) is 0 Å². The highest BCUT2D eigenvalue weighted by molar-refractivity contribution is 5.13. The van der Waals surface area contributed by atoms with Crippen LogP contribution in [0.1, 0.15) is 45.6 Å². The van der Waals surface area contributed by atoms with Gasteiger partial charge in [0.1, 0.15) is 6.54 Å².